The number of ether oxygens (including phenoxy) is 1. The van der Waals surface area contributed by atoms with E-state index in [9.17, 15) is 0 Å². The summed E-state index contributed by atoms with van der Waals surface area (Å²) in [6.07, 6.45) is 1.79. The molecule has 0 saturated carbocycles. The van der Waals surface area contributed by atoms with Crippen molar-refractivity contribution in [2.75, 3.05) is 5.73 Å². The molecule has 3 nitrogen and oxygen atoms in total. The number of rotatable bonds is 3. The smallest absolute Gasteiger partial charge is 0.129 e. The number of nitrogens with two attached hydrogens (primary N) is 1. The first-order valence-corrected chi connectivity index (χ1v) is 8.02. The zero-order valence-corrected chi connectivity index (χ0v) is 14.3. The molecular weight excluding hydrogens is 296 g/mol. The highest BCUT2D eigenvalue weighted by atomic mass is 16.5. The average molecular weight is 318 g/mol. The first-order chi connectivity index (χ1) is 11.4. The predicted octanol–water partition coefficient (Wildman–Crippen LogP) is 5.42. The molecule has 2 aromatic carbocycles. The Labute approximate surface area is 143 Å². The van der Waals surface area contributed by atoms with Gasteiger partial charge in [0.1, 0.15) is 11.5 Å². The number of hydrogen-bond donors (Lipinski definition) is 1. The monoisotopic (exact) mass is 318 g/mol. The fourth-order valence-electron chi connectivity index (χ4n) is 2.50. The lowest BCUT2D eigenvalue weighted by molar-refractivity contribution is 0.479. The van der Waals surface area contributed by atoms with Crippen molar-refractivity contribution >= 4 is 5.69 Å². The van der Waals surface area contributed by atoms with Crippen molar-refractivity contribution in [3.8, 4) is 22.8 Å². The molecule has 1 heterocycles. The maximum Gasteiger partial charge on any atom is 0.129 e. The average Bonchev–Trinajstić information content (AvgIpc) is 2.54. The van der Waals surface area contributed by atoms with Gasteiger partial charge in [-0.05, 0) is 47.4 Å². The molecule has 122 valence electrons. The van der Waals surface area contributed by atoms with Gasteiger partial charge in [0, 0.05) is 23.5 Å². The second kappa shape index (κ2) is 6.36. The molecule has 24 heavy (non-hydrogen) atoms. The zero-order chi connectivity index (χ0) is 17.2. The first-order valence-electron chi connectivity index (χ1n) is 8.02. The van der Waals surface area contributed by atoms with Gasteiger partial charge in [-0.15, -0.1) is 0 Å². The Balaban J connectivity index is 1.91. The minimum absolute atomic E-state index is 0.0172. The molecule has 0 spiro atoms. The van der Waals surface area contributed by atoms with Gasteiger partial charge >= 0.3 is 0 Å². The Morgan fingerprint density at radius 2 is 1.71 bits per heavy atom. The van der Waals surface area contributed by atoms with Crippen molar-refractivity contribution < 1.29 is 4.74 Å². The number of anilines is 1. The van der Waals surface area contributed by atoms with Crippen LogP contribution in [0.15, 0.2) is 66.9 Å². The standard InChI is InChI=1S/C21H22N2O/c1-21(2,3)16-12-17(22)14-19(13-16)24-18-8-6-7-15(11-18)20-9-4-5-10-23-20/h4-14H,22H2,1-3H3. The number of aromatic nitrogens is 1. The van der Waals surface area contributed by atoms with Crippen LogP contribution >= 0.6 is 0 Å². The van der Waals surface area contributed by atoms with Crippen LogP contribution in [0, 0.1) is 0 Å². The Morgan fingerprint density at radius 3 is 2.42 bits per heavy atom. The van der Waals surface area contributed by atoms with Gasteiger partial charge in [0.15, 0.2) is 0 Å². The molecule has 2 N–H and O–H groups in total. The first kappa shape index (κ1) is 16.1. The van der Waals surface area contributed by atoms with E-state index in [0.717, 1.165) is 28.3 Å². The Kier molecular flexibility index (Phi) is 4.26. The van der Waals surface area contributed by atoms with Crippen molar-refractivity contribution in [1.29, 1.82) is 0 Å². The molecule has 0 unspecified atom stereocenters. The molecule has 1 aromatic heterocycles. The summed E-state index contributed by atoms with van der Waals surface area (Å²) >= 11 is 0. The second-order valence-corrected chi connectivity index (χ2v) is 6.89. The number of hydrogen-bond acceptors (Lipinski definition) is 3. The molecule has 0 amide bonds. The van der Waals surface area contributed by atoms with Gasteiger partial charge < -0.3 is 10.5 Å². The van der Waals surface area contributed by atoms with Gasteiger partial charge in [0.05, 0.1) is 5.69 Å². The van der Waals surface area contributed by atoms with Crippen LogP contribution in [0.3, 0.4) is 0 Å². The van der Waals surface area contributed by atoms with E-state index >= 15 is 0 Å². The molecule has 0 aliphatic carbocycles. The Hall–Kier alpha value is -2.81. The highest BCUT2D eigenvalue weighted by Gasteiger charge is 2.15. The molecule has 3 aromatic rings. The van der Waals surface area contributed by atoms with Crippen LogP contribution in [0.25, 0.3) is 11.3 Å². The summed E-state index contributed by atoms with van der Waals surface area (Å²) in [7, 11) is 0. The van der Waals surface area contributed by atoms with E-state index in [0.29, 0.717) is 5.69 Å². The highest BCUT2D eigenvalue weighted by molar-refractivity contribution is 5.61. The minimum atomic E-state index is 0.0172. The summed E-state index contributed by atoms with van der Waals surface area (Å²) in [5.74, 6) is 1.52. The molecule has 3 heteroatoms. The molecule has 0 fully saturated rings. The molecule has 0 saturated heterocycles. The van der Waals surface area contributed by atoms with Gasteiger partial charge in [-0.25, -0.2) is 0 Å². The van der Waals surface area contributed by atoms with Crippen LogP contribution in [-0.2, 0) is 5.41 Å². The maximum absolute atomic E-state index is 6.05. The summed E-state index contributed by atoms with van der Waals surface area (Å²) in [4.78, 5) is 4.38. The van der Waals surface area contributed by atoms with Crippen LogP contribution in [-0.4, -0.2) is 4.98 Å². The third-order valence-electron chi connectivity index (χ3n) is 3.83. The van der Waals surface area contributed by atoms with Gasteiger partial charge in [0.25, 0.3) is 0 Å². The predicted molar refractivity (Wildman–Crippen MR) is 99.3 cm³/mol. The quantitative estimate of drug-likeness (QED) is 0.656. The second-order valence-electron chi connectivity index (χ2n) is 6.89. The van der Waals surface area contributed by atoms with E-state index in [1.807, 2.05) is 60.7 Å². The molecule has 0 aliphatic rings. The van der Waals surface area contributed by atoms with Gasteiger partial charge in [-0.3, -0.25) is 4.98 Å². The lowest BCUT2D eigenvalue weighted by atomic mass is 9.87. The molecule has 0 bridgehead atoms. The van der Waals surface area contributed by atoms with E-state index in [1.165, 1.54) is 0 Å². The van der Waals surface area contributed by atoms with Crippen LogP contribution in [0.2, 0.25) is 0 Å². The van der Waals surface area contributed by atoms with Crippen molar-refractivity contribution in [3.63, 3.8) is 0 Å². The third kappa shape index (κ3) is 3.74. The molecular formula is C21H22N2O. The Morgan fingerprint density at radius 1 is 0.875 bits per heavy atom. The van der Waals surface area contributed by atoms with Crippen molar-refractivity contribution in [2.24, 2.45) is 0 Å². The summed E-state index contributed by atoms with van der Waals surface area (Å²) in [6, 6.07) is 19.7. The fraction of sp³-hybridized carbons (Fsp3) is 0.190. The van der Waals surface area contributed by atoms with Crippen molar-refractivity contribution in [1.82, 2.24) is 4.98 Å². The molecule has 0 aliphatic heterocycles. The van der Waals surface area contributed by atoms with E-state index in [2.05, 4.69) is 25.8 Å². The SMILES string of the molecule is CC(C)(C)c1cc(N)cc(Oc2cccc(-c3ccccn3)c2)c1. The van der Waals surface area contributed by atoms with Gasteiger partial charge in [-0.2, -0.15) is 0 Å². The number of benzene rings is 2. The number of pyridine rings is 1. The fourth-order valence-corrected chi connectivity index (χ4v) is 2.50. The minimum Gasteiger partial charge on any atom is -0.457 e. The summed E-state index contributed by atoms with van der Waals surface area (Å²) in [5, 5.41) is 0. The Bertz CT molecular complexity index is 836. The third-order valence-corrected chi connectivity index (χ3v) is 3.83. The van der Waals surface area contributed by atoms with Gasteiger partial charge in [0.2, 0.25) is 0 Å². The van der Waals surface area contributed by atoms with E-state index in [4.69, 9.17) is 10.5 Å². The molecule has 0 radical (unpaired) electrons. The lowest BCUT2D eigenvalue weighted by Crippen LogP contribution is -2.11. The summed E-state index contributed by atoms with van der Waals surface area (Å²) in [5.41, 5.74) is 9.86. The highest BCUT2D eigenvalue weighted by Crippen LogP contribution is 2.32. The normalized spacial score (nSPS) is 11.3. The van der Waals surface area contributed by atoms with Crippen LogP contribution in [0.4, 0.5) is 5.69 Å². The van der Waals surface area contributed by atoms with E-state index in [1.54, 1.807) is 6.20 Å². The van der Waals surface area contributed by atoms with Crippen molar-refractivity contribution in [3.05, 3.63) is 72.4 Å². The topological polar surface area (TPSA) is 48.1 Å². The van der Waals surface area contributed by atoms with E-state index in [-0.39, 0.29) is 5.41 Å². The number of nitrogens with zero attached hydrogens (tertiary/aromatic N) is 1. The van der Waals surface area contributed by atoms with E-state index < -0.39 is 0 Å². The van der Waals surface area contributed by atoms with Crippen LogP contribution < -0.4 is 10.5 Å². The van der Waals surface area contributed by atoms with Crippen LogP contribution in [0.5, 0.6) is 11.5 Å². The summed E-state index contributed by atoms with van der Waals surface area (Å²) < 4.78 is 6.05. The molecule has 3 rings (SSSR count). The molecule has 0 atom stereocenters. The zero-order valence-electron chi connectivity index (χ0n) is 14.3. The lowest BCUT2D eigenvalue weighted by Gasteiger charge is -2.20. The largest absolute Gasteiger partial charge is 0.457 e. The van der Waals surface area contributed by atoms with Crippen LogP contribution in [0.1, 0.15) is 26.3 Å². The van der Waals surface area contributed by atoms with Gasteiger partial charge in [-0.1, -0.05) is 39.0 Å². The number of nitrogen functional groups attached to an aromatic ring is 1. The summed E-state index contributed by atoms with van der Waals surface area (Å²) in [6.45, 7) is 6.48. The maximum atomic E-state index is 6.05. The van der Waals surface area contributed by atoms with Crippen molar-refractivity contribution in [2.45, 2.75) is 26.2 Å².